The fraction of sp³-hybridized carbons (Fsp3) is 0.500. The highest BCUT2D eigenvalue weighted by Crippen LogP contribution is 2.31. The average Bonchev–Trinajstić information content (AvgIpc) is 3.30. The molecule has 0 unspecified atom stereocenters. The van der Waals surface area contributed by atoms with Gasteiger partial charge in [0, 0.05) is 43.7 Å². The molecule has 30 heavy (non-hydrogen) atoms. The molecular weight excluding hydrogens is 470 g/mol. The lowest BCUT2D eigenvalue weighted by Gasteiger charge is -2.34. The minimum absolute atomic E-state index is 0.196. The summed E-state index contributed by atoms with van der Waals surface area (Å²) in [5, 5.41) is 8.76. The number of anilines is 2. The van der Waals surface area contributed by atoms with Crippen molar-refractivity contribution in [1.82, 2.24) is 14.5 Å². The number of hydrogen-bond donors (Lipinski definition) is 0. The van der Waals surface area contributed by atoms with Crippen molar-refractivity contribution in [2.45, 2.75) is 24.7 Å². The van der Waals surface area contributed by atoms with E-state index in [-0.39, 0.29) is 4.90 Å². The topological polar surface area (TPSA) is 78.9 Å². The molecule has 2 fully saturated rings. The summed E-state index contributed by atoms with van der Waals surface area (Å²) >= 11 is 3.37. The van der Waals surface area contributed by atoms with E-state index >= 15 is 0 Å². The number of rotatable bonds is 6. The fourth-order valence-corrected chi connectivity index (χ4v) is 5.95. The smallest absolute Gasteiger partial charge is 0.246 e. The summed E-state index contributed by atoms with van der Waals surface area (Å²) in [7, 11) is -3.65. The number of piperazine rings is 1. The molecule has 0 saturated carbocycles. The molecule has 4 rings (SSSR count). The first-order valence-electron chi connectivity index (χ1n) is 10.2. The Balaban J connectivity index is 1.44. The second kappa shape index (κ2) is 9.07. The number of nitrogens with zero attached hydrogens (tertiary/aromatic N) is 5. The van der Waals surface area contributed by atoms with Gasteiger partial charge in [-0.1, -0.05) is 15.9 Å². The number of ether oxygens (including phenoxy) is 1. The first kappa shape index (κ1) is 21.3. The Hall–Kier alpha value is -1.91. The van der Waals surface area contributed by atoms with E-state index in [2.05, 4.69) is 35.9 Å². The van der Waals surface area contributed by atoms with Crippen molar-refractivity contribution in [1.29, 1.82) is 0 Å². The average molecular weight is 496 g/mol. The number of sulfonamides is 1. The van der Waals surface area contributed by atoms with E-state index in [1.54, 1.807) is 18.2 Å². The number of benzene rings is 1. The van der Waals surface area contributed by atoms with Gasteiger partial charge in [0.25, 0.3) is 0 Å². The van der Waals surface area contributed by atoms with E-state index in [0.29, 0.717) is 43.0 Å². The zero-order valence-corrected chi connectivity index (χ0v) is 19.4. The molecule has 0 spiro atoms. The van der Waals surface area contributed by atoms with Crippen LogP contribution in [0.25, 0.3) is 0 Å². The van der Waals surface area contributed by atoms with E-state index in [1.165, 1.54) is 17.1 Å². The maximum Gasteiger partial charge on any atom is 0.246 e. The van der Waals surface area contributed by atoms with Crippen LogP contribution in [0.1, 0.15) is 19.8 Å². The van der Waals surface area contributed by atoms with Crippen molar-refractivity contribution < 1.29 is 13.2 Å². The van der Waals surface area contributed by atoms with E-state index in [4.69, 9.17) is 4.74 Å². The van der Waals surface area contributed by atoms with Crippen LogP contribution in [0, 0.1) is 0 Å². The molecule has 8 nitrogen and oxygen atoms in total. The maximum atomic E-state index is 13.2. The molecule has 0 radical (unpaired) electrons. The molecule has 1 aromatic heterocycles. The molecular formula is C20H26BrN5O3S. The van der Waals surface area contributed by atoms with Crippen LogP contribution in [-0.4, -0.2) is 68.8 Å². The summed E-state index contributed by atoms with van der Waals surface area (Å²) in [6.07, 6.45) is 2.39. The molecule has 2 aromatic rings. The summed E-state index contributed by atoms with van der Waals surface area (Å²) in [5.41, 5.74) is 0. The quantitative estimate of drug-likeness (QED) is 0.609. The predicted molar refractivity (Wildman–Crippen MR) is 120 cm³/mol. The molecule has 2 saturated heterocycles. The highest BCUT2D eigenvalue weighted by Gasteiger charge is 2.31. The summed E-state index contributed by atoms with van der Waals surface area (Å²) < 4.78 is 34.3. The normalized spacial score (nSPS) is 18.1. The van der Waals surface area contributed by atoms with Gasteiger partial charge in [-0.15, -0.1) is 10.2 Å². The summed E-state index contributed by atoms with van der Waals surface area (Å²) in [6, 6.07) is 9.06. The van der Waals surface area contributed by atoms with Gasteiger partial charge in [-0.3, -0.25) is 0 Å². The first-order valence-corrected chi connectivity index (χ1v) is 12.5. The highest BCUT2D eigenvalue weighted by atomic mass is 79.9. The number of aromatic nitrogens is 2. The third kappa shape index (κ3) is 4.40. The van der Waals surface area contributed by atoms with E-state index in [0.717, 1.165) is 24.7 Å². The van der Waals surface area contributed by atoms with Crippen molar-refractivity contribution in [3.8, 4) is 5.75 Å². The van der Waals surface area contributed by atoms with Crippen LogP contribution >= 0.6 is 15.9 Å². The lowest BCUT2D eigenvalue weighted by atomic mass is 10.3. The van der Waals surface area contributed by atoms with Gasteiger partial charge >= 0.3 is 0 Å². The van der Waals surface area contributed by atoms with Crippen molar-refractivity contribution in [2.24, 2.45) is 0 Å². The monoisotopic (exact) mass is 495 g/mol. The Morgan fingerprint density at radius 1 is 0.933 bits per heavy atom. The van der Waals surface area contributed by atoms with E-state index in [9.17, 15) is 8.42 Å². The minimum Gasteiger partial charge on any atom is -0.492 e. The summed E-state index contributed by atoms with van der Waals surface area (Å²) in [4.78, 5) is 4.52. The Morgan fingerprint density at radius 2 is 1.53 bits per heavy atom. The SMILES string of the molecule is CCOc1ccc(Br)cc1S(=O)(=O)N1CCN(c2ccc(N3CCCC3)nn2)CC1. The summed E-state index contributed by atoms with van der Waals surface area (Å²) in [5.74, 6) is 2.08. The second-order valence-corrected chi connectivity index (χ2v) is 10.2. The Labute approximate surface area is 186 Å². The molecule has 3 heterocycles. The predicted octanol–water partition coefficient (Wildman–Crippen LogP) is 2.75. The first-order chi connectivity index (χ1) is 14.5. The molecule has 2 aliphatic heterocycles. The van der Waals surface area contributed by atoms with Crippen LogP contribution in [-0.2, 0) is 10.0 Å². The number of halogens is 1. The van der Waals surface area contributed by atoms with Crippen LogP contribution in [0.2, 0.25) is 0 Å². The second-order valence-electron chi connectivity index (χ2n) is 7.36. The van der Waals surface area contributed by atoms with Gasteiger partial charge in [-0.2, -0.15) is 4.31 Å². The van der Waals surface area contributed by atoms with Gasteiger partial charge in [0.05, 0.1) is 6.61 Å². The summed E-state index contributed by atoms with van der Waals surface area (Å²) in [6.45, 7) is 6.21. The standard InChI is InChI=1S/C20H26BrN5O3S/c1-2-29-17-6-5-16(21)15-18(17)30(27,28)26-13-11-25(12-14-26)20-8-7-19(22-23-20)24-9-3-4-10-24/h5-8,15H,2-4,9-14H2,1H3. The Kier molecular flexibility index (Phi) is 6.45. The van der Waals surface area contributed by atoms with Crippen molar-refractivity contribution >= 4 is 37.6 Å². The van der Waals surface area contributed by atoms with Gasteiger partial charge in [-0.25, -0.2) is 8.42 Å². The maximum absolute atomic E-state index is 13.2. The molecule has 1 aromatic carbocycles. The van der Waals surface area contributed by atoms with Crippen LogP contribution in [0.3, 0.4) is 0 Å². The van der Waals surface area contributed by atoms with Gasteiger partial charge < -0.3 is 14.5 Å². The molecule has 162 valence electrons. The lowest BCUT2D eigenvalue weighted by molar-refractivity contribution is 0.327. The zero-order valence-electron chi connectivity index (χ0n) is 17.0. The van der Waals surface area contributed by atoms with Crippen LogP contribution < -0.4 is 14.5 Å². The lowest BCUT2D eigenvalue weighted by Crippen LogP contribution is -2.49. The third-order valence-corrected chi connectivity index (χ3v) is 7.87. The van der Waals surface area contributed by atoms with Crippen LogP contribution in [0.5, 0.6) is 5.75 Å². The molecule has 0 N–H and O–H groups in total. The third-order valence-electron chi connectivity index (χ3n) is 5.45. The molecule has 0 aliphatic carbocycles. The molecule has 0 amide bonds. The van der Waals surface area contributed by atoms with Crippen LogP contribution in [0.15, 0.2) is 39.7 Å². The Morgan fingerprint density at radius 3 is 2.10 bits per heavy atom. The highest BCUT2D eigenvalue weighted by molar-refractivity contribution is 9.10. The zero-order chi connectivity index (χ0) is 21.1. The minimum atomic E-state index is -3.65. The number of hydrogen-bond acceptors (Lipinski definition) is 7. The van der Waals surface area contributed by atoms with Gasteiger partial charge in [0.15, 0.2) is 11.6 Å². The molecule has 0 atom stereocenters. The molecule has 10 heteroatoms. The van der Waals surface area contributed by atoms with Crippen molar-refractivity contribution in [3.63, 3.8) is 0 Å². The van der Waals surface area contributed by atoms with Gasteiger partial charge in [0.2, 0.25) is 10.0 Å². The Bertz CT molecular complexity index is 972. The van der Waals surface area contributed by atoms with Gasteiger partial charge in [0.1, 0.15) is 10.6 Å². The van der Waals surface area contributed by atoms with Gasteiger partial charge in [-0.05, 0) is 50.1 Å². The largest absolute Gasteiger partial charge is 0.492 e. The van der Waals surface area contributed by atoms with Crippen LogP contribution in [0.4, 0.5) is 11.6 Å². The fourth-order valence-electron chi connectivity index (χ4n) is 3.86. The van der Waals surface area contributed by atoms with E-state index < -0.39 is 10.0 Å². The molecule has 2 aliphatic rings. The van der Waals surface area contributed by atoms with Crippen molar-refractivity contribution in [2.75, 3.05) is 55.7 Å². The molecule has 0 bridgehead atoms. The van der Waals surface area contributed by atoms with E-state index in [1.807, 2.05) is 19.1 Å². The van der Waals surface area contributed by atoms with Crippen molar-refractivity contribution in [3.05, 3.63) is 34.8 Å².